The van der Waals surface area contributed by atoms with Gasteiger partial charge in [-0.3, -0.25) is 4.79 Å². The molecule has 1 amide bonds. The van der Waals surface area contributed by atoms with E-state index in [2.05, 4.69) is 17.3 Å². The van der Waals surface area contributed by atoms with Crippen LogP contribution in [0.5, 0.6) is 0 Å². The zero-order chi connectivity index (χ0) is 15.9. The van der Waals surface area contributed by atoms with Crippen molar-refractivity contribution >= 4 is 41.2 Å². The van der Waals surface area contributed by atoms with E-state index >= 15 is 0 Å². The molecule has 0 atom stereocenters. The van der Waals surface area contributed by atoms with Gasteiger partial charge in [0.05, 0.1) is 11.4 Å². The van der Waals surface area contributed by atoms with Crippen molar-refractivity contribution in [3.63, 3.8) is 0 Å². The second kappa shape index (κ2) is 8.45. The number of para-hydroxylation sites is 1. The van der Waals surface area contributed by atoms with Crippen molar-refractivity contribution in [1.82, 2.24) is 15.1 Å². The van der Waals surface area contributed by atoms with Crippen LogP contribution in [-0.2, 0) is 4.79 Å². The van der Waals surface area contributed by atoms with Gasteiger partial charge in [0.1, 0.15) is 0 Å². The molecule has 0 aliphatic heterocycles. The van der Waals surface area contributed by atoms with Crippen LogP contribution in [0.1, 0.15) is 25.3 Å². The third kappa shape index (κ3) is 4.66. The van der Waals surface area contributed by atoms with Crippen LogP contribution in [0.15, 0.2) is 28.6 Å². The molecule has 0 spiro atoms. The lowest BCUT2D eigenvalue weighted by Gasteiger charge is -2.04. The molecule has 0 aliphatic rings. The van der Waals surface area contributed by atoms with Crippen LogP contribution < -0.4 is 5.32 Å². The molecule has 2 aromatic rings. The maximum Gasteiger partial charge on any atom is 0.230 e. The Labute approximate surface area is 143 Å². The van der Waals surface area contributed by atoms with Crippen LogP contribution in [0.25, 0.3) is 5.69 Å². The summed E-state index contributed by atoms with van der Waals surface area (Å²) in [5.41, 5.74) is 2.11. The topological polar surface area (TPSA) is 46.9 Å². The number of unbranched alkanes of at least 4 members (excludes halogenated alkanes) is 1. The Kier molecular flexibility index (Phi) is 6.60. The Hall–Kier alpha value is -1.18. The summed E-state index contributed by atoms with van der Waals surface area (Å²) in [4.78, 5) is 11.7. The Bertz CT molecular complexity index is 693. The third-order valence-electron chi connectivity index (χ3n) is 3.05. The number of benzene rings is 1. The largest absolute Gasteiger partial charge is 0.355 e. The highest BCUT2D eigenvalue weighted by atomic mass is 32.2. The highest BCUT2D eigenvalue weighted by molar-refractivity contribution is 8.01. The van der Waals surface area contributed by atoms with Gasteiger partial charge in [-0.15, -0.1) is 5.10 Å². The van der Waals surface area contributed by atoms with E-state index in [1.165, 1.54) is 23.1 Å². The Balaban J connectivity index is 2.00. The number of nitrogens with zero attached hydrogens (tertiary/aromatic N) is 2. The number of carbonyl (C=O) groups is 1. The minimum absolute atomic E-state index is 0.0435. The lowest BCUT2D eigenvalue weighted by atomic mass is 10.2. The van der Waals surface area contributed by atoms with Crippen LogP contribution in [0.4, 0.5) is 0 Å². The van der Waals surface area contributed by atoms with Gasteiger partial charge in [-0.25, -0.2) is 4.68 Å². The number of thioether (sulfide) groups is 1. The Morgan fingerprint density at radius 2 is 2.23 bits per heavy atom. The normalized spacial score (nSPS) is 10.6. The number of rotatable bonds is 7. The average molecular weight is 354 g/mol. The predicted molar refractivity (Wildman–Crippen MR) is 95.7 cm³/mol. The third-order valence-corrected chi connectivity index (χ3v) is 5.42. The molecule has 0 fully saturated rings. The van der Waals surface area contributed by atoms with Gasteiger partial charge in [-0.05, 0) is 37.2 Å². The number of amides is 1. The molecule has 2 rings (SSSR count). The molecule has 1 N–H and O–H groups in total. The summed E-state index contributed by atoms with van der Waals surface area (Å²) in [6.07, 6.45) is 2.09. The van der Waals surface area contributed by atoms with E-state index in [1.807, 2.05) is 31.2 Å². The fourth-order valence-corrected chi connectivity index (χ4v) is 4.03. The van der Waals surface area contributed by atoms with Gasteiger partial charge < -0.3 is 5.32 Å². The van der Waals surface area contributed by atoms with E-state index in [0.29, 0.717) is 9.71 Å². The highest BCUT2D eigenvalue weighted by Crippen LogP contribution is 2.24. The fourth-order valence-electron chi connectivity index (χ4n) is 1.86. The number of carbonyl (C=O) groups excluding carboxylic acids is 1. The number of hydrogen-bond donors (Lipinski definition) is 1. The summed E-state index contributed by atoms with van der Waals surface area (Å²) < 4.78 is 3.29. The molecule has 1 heterocycles. The van der Waals surface area contributed by atoms with Crippen molar-refractivity contribution in [1.29, 1.82) is 0 Å². The van der Waals surface area contributed by atoms with Crippen molar-refractivity contribution in [2.75, 3.05) is 12.3 Å². The Morgan fingerprint density at radius 1 is 1.45 bits per heavy atom. The molecular weight excluding hydrogens is 334 g/mol. The predicted octanol–water partition coefficient (Wildman–Crippen LogP) is 3.98. The molecule has 0 saturated heterocycles. The second-order valence-electron chi connectivity index (χ2n) is 4.82. The molecule has 1 aromatic heterocycles. The van der Waals surface area contributed by atoms with Crippen LogP contribution in [-0.4, -0.2) is 28.0 Å². The van der Waals surface area contributed by atoms with Crippen molar-refractivity contribution in [3.8, 4) is 5.69 Å². The number of aryl methyl sites for hydroxylation is 1. The number of hydrogen-bond acceptors (Lipinski definition) is 5. The average Bonchev–Trinajstić information content (AvgIpc) is 2.87. The zero-order valence-corrected chi connectivity index (χ0v) is 15.1. The van der Waals surface area contributed by atoms with Gasteiger partial charge in [0.25, 0.3) is 0 Å². The van der Waals surface area contributed by atoms with E-state index in [0.717, 1.165) is 35.0 Å². The summed E-state index contributed by atoms with van der Waals surface area (Å²) in [7, 11) is 0. The molecule has 0 bridgehead atoms. The van der Waals surface area contributed by atoms with Crippen molar-refractivity contribution in [2.24, 2.45) is 0 Å². The lowest BCUT2D eigenvalue weighted by molar-refractivity contribution is -0.118. The van der Waals surface area contributed by atoms with Gasteiger partial charge in [-0.2, -0.15) is 0 Å². The van der Waals surface area contributed by atoms with Gasteiger partial charge in [0.15, 0.2) is 8.29 Å². The molecule has 4 nitrogen and oxygen atoms in total. The first-order valence-electron chi connectivity index (χ1n) is 7.17. The summed E-state index contributed by atoms with van der Waals surface area (Å²) in [5, 5.41) is 7.42. The van der Waals surface area contributed by atoms with Crippen molar-refractivity contribution in [3.05, 3.63) is 33.8 Å². The standard InChI is InChI=1S/C15H19N3OS3/c1-3-4-9-16-13(19)10-21-14-17-18(15(20)22-14)12-8-6-5-7-11(12)2/h5-8H,3-4,9-10H2,1-2H3,(H,16,19). The SMILES string of the molecule is CCCCNC(=O)CSc1nn(-c2ccccc2C)c(=S)s1. The molecule has 118 valence electrons. The van der Waals surface area contributed by atoms with Crippen LogP contribution in [0, 0.1) is 10.9 Å². The lowest BCUT2D eigenvalue weighted by Crippen LogP contribution is -2.25. The van der Waals surface area contributed by atoms with Crippen LogP contribution in [0.2, 0.25) is 0 Å². The van der Waals surface area contributed by atoms with Gasteiger partial charge in [0, 0.05) is 6.54 Å². The van der Waals surface area contributed by atoms with Gasteiger partial charge in [0.2, 0.25) is 5.91 Å². The number of aromatic nitrogens is 2. The first-order chi connectivity index (χ1) is 10.6. The first kappa shape index (κ1) is 17.2. The molecule has 1 aromatic carbocycles. The van der Waals surface area contributed by atoms with Crippen molar-refractivity contribution in [2.45, 2.75) is 31.0 Å². The molecular formula is C15H19N3OS3. The maximum absolute atomic E-state index is 11.7. The summed E-state index contributed by atoms with van der Waals surface area (Å²) >= 11 is 8.25. The molecule has 7 heteroatoms. The minimum atomic E-state index is 0.0435. The van der Waals surface area contributed by atoms with E-state index in [1.54, 1.807) is 4.68 Å². The monoisotopic (exact) mass is 353 g/mol. The first-order valence-corrected chi connectivity index (χ1v) is 9.38. The van der Waals surface area contributed by atoms with E-state index in [9.17, 15) is 4.79 Å². The maximum atomic E-state index is 11.7. The smallest absolute Gasteiger partial charge is 0.230 e. The zero-order valence-electron chi connectivity index (χ0n) is 12.7. The summed E-state index contributed by atoms with van der Waals surface area (Å²) in [6, 6.07) is 7.99. The van der Waals surface area contributed by atoms with Crippen LogP contribution in [0.3, 0.4) is 0 Å². The quantitative estimate of drug-likeness (QED) is 0.465. The van der Waals surface area contributed by atoms with E-state index < -0.39 is 0 Å². The molecule has 0 radical (unpaired) electrons. The minimum Gasteiger partial charge on any atom is -0.355 e. The van der Waals surface area contributed by atoms with Gasteiger partial charge in [-0.1, -0.05) is 54.6 Å². The van der Waals surface area contributed by atoms with Gasteiger partial charge >= 0.3 is 0 Å². The molecule has 0 aliphatic carbocycles. The summed E-state index contributed by atoms with van der Waals surface area (Å²) in [5.74, 6) is 0.418. The Morgan fingerprint density at radius 3 is 2.95 bits per heavy atom. The van der Waals surface area contributed by atoms with Crippen LogP contribution >= 0.6 is 35.3 Å². The van der Waals surface area contributed by atoms with E-state index in [-0.39, 0.29) is 5.91 Å². The fraction of sp³-hybridized carbons (Fsp3) is 0.400. The summed E-state index contributed by atoms with van der Waals surface area (Å²) in [6.45, 7) is 4.87. The molecule has 0 saturated carbocycles. The second-order valence-corrected chi connectivity index (χ2v) is 7.67. The molecule has 0 unspecified atom stereocenters. The van der Waals surface area contributed by atoms with E-state index in [4.69, 9.17) is 12.2 Å². The van der Waals surface area contributed by atoms with Crippen molar-refractivity contribution < 1.29 is 4.79 Å². The number of nitrogens with one attached hydrogen (secondary N) is 1. The highest BCUT2D eigenvalue weighted by Gasteiger charge is 2.10. The molecule has 22 heavy (non-hydrogen) atoms.